The van der Waals surface area contributed by atoms with Gasteiger partial charge in [-0.05, 0) is 31.6 Å². The van der Waals surface area contributed by atoms with Gasteiger partial charge in [0.15, 0.2) is 0 Å². The molecule has 7 nitrogen and oxygen atoms in total. The molecule has 1 amide bonds. The van der Waals surface area contributed by atoms with E-state index in [1.165, 1.54) is 21.1 Å². The first-order valence-electron chi connectivity index (χ1n) is 8.48. The van der Waals surface area contributed by atoms with Crippen LogP contribution in [-0.2, 0) is 9.53 Å². The van der Waals surface area contributed by atoms with Gasteiger partial charge in [0.1, 0.15) is 15.8 Å². The summed E-state index contributed by atoms with van der Waals surface area (Å²) >= 11 is 6.45. The Hall–Kier alpha value is -2.23. The summed E-state index contributed by atoms with van der Waals surface area (Å²) in [7, 11) is 1.60. The Bertz CT molecular complexity index is 1000. The number of nitrogens with one attached hydrogen (secondary N) is 1. The van der Waals surface area contributed by atoms with Crippen LogP contribution in [-0.4, -0.2) is 51.3 Å². The smallest absolute Gasteiger partial charge is 0.267 e. The molecule has 3 rings (SSSR count). The third-order valence-corrected chi connectivity index (χ3v) is 5.53. The van der Waals surface area contributed by atoms with Crippen LogP contribution in [0.5, 0.6) is 0 Å². The molecular formula is C18H20N4O3S2. The predicted molar refractivity (Wildman–Crippen MR) is 112 cm³/mol. The highest BCUT2D eigenvalue weighted by Gasteiger charge is 2.31. The summed E-state index contributed by atoms with van der Waals surface area (Å²) in [5, 5.41) is 3.14. The number of likely N-dealkylation sites (N-methyl/N-ethyl adjacent to an activating group) is 1. The van der Waals surface area contributed by atoms with Crippen molar-refractivity contribution in [1.82, 2.24) is 14.3 Å². The first-order valence-corrected chi connectivity index (χ1v) is 9.70. The number of thioether (sulfide) groups is 1. The average Bonchev–Trinajstić information content (AvgIpc) is 2.92. The zero-order valence-electron chi connectivity index (χ0n) is 15.3. The molecule has 142 valence electrons. The van der Waals surface area contributed by atoms with Gasteiger partial charge in [0.05, 0.1) is 17.1 Å². The highest BCUT2D eigenvalue weighted by Crippen LogP contribution is 2.32. The fourth-order valence-electron chi connectivity index (χ4n) is 2.75. The number of thiocarbonyl (C=S) groups is 1. The number of aromatic nitrogens is 2. The van der Waals surface area contributed by atoms with E-state index in [1.807, 2.05) is 19.9 Å². The van der Waals surface area contributed by atoms with E-state index in [2.05, 4.69) is 10.3 Å². The largest absolute Gasteiger partial charge is 0.383 e. The van der Waals surface area contributed by atoms with E-state index in [1.54, 1.807) is 25.4 Å². The van der Waals surface area contributed by atoms with Crippen molar-refractivity contribution in [3.05, 3.63) is 44.7 Å². The topological polar surface area (TPSA) is 75.9 Å². The normalized spacial score (nSPS) is 16.0. The third-order valence-electron chi connectivity index (χ3n) is 4.15. The van der Waals surface area contributed by atoms with Crippen LogP contribution in [0.4, 0.5) is 5.82 Å². The highest BCUT2D eigenvalue weighted by atomic mass is 32.2. The Morgan fingerprint density at radius 3 is 2.85 bits per heavy atom. The molecule has 0 saturated carbocycles. The lowest BCUT2D eigenvalue weighted by Gasteiger charge is -2.12. The number of ether oxygens (including phenoxy) is 1. The summed E-state index contributed by atoms with van der Waals surface area (Å²) in [6, 6.07) is 3.69. The van der Waals surface area contributed by atoms with Crippen LogP contribution in [0.2, 0.25) is 0 Å². The maximum absolute atomic E-state index is 13.1. The molecule has 1 saturated heterocycles. The summed E-state index contributed by atoms with van der Waals surface area (Å²) in [5.41, 5.74) is 1.53. The van der Waals surface area contributed by atoms with E-state index < -0.39 is 0 Å². The molecule has 0 aliphatic carbocycles. The molecule has 0 spiro atoms. The van der Waals surface area contributed by atoms with E-state index in [0.29, 0.717) is 46.0 Å². The van der Waals surface area contributed by atoms with Gasteiger partial charge >= 0.3 is 0 Å². The van der Waals surface area contributed by atoms with Gasteiger partial charge in [0, 0.05) is 26.4 Å². The predicted octanol–water partition coefficient (Wildman–Crippen LogP) is 2.28. The van der Waals surface area contributed by atoms with Gasteiger partial charge in [-0.25, -0.2) is 4.98 Å². The lowest BCUT2D eigenvalue weighted by molar-refractivity contribution is -0.121. The number of carbonyl (C=O) groups is 1. The molecule has 0 unspecified atom stereocenters. The van der Waals surface area contributed by atoms with E-state index in [0.717, 1.165) is 5.56 Å². The summed E-state index contributed by atoms with van der Waals surface area (Å²) in [5.74, 6) is 0.234. The maximum atomic E-state index is 13.1. The number of aryl methyl sites for hydroxylation is 1. The van der Waals surface area contributed by atoms with Crippen LogP contribution >= 0.6 is 24.0 Å². The van der Waals surface area contributed by atoms with Gasteiger partial charge in [-0.2, -0.15) is 0 Å². The molecule has 0 aromatic carbocycles. The van der Waals surface area contributed by atoms with Gasteiger partial charge in [-0.3, -0.25) is 18.9 Å². The Morgan fingerprint density at radius 2 is 2.19 bits per heavy atom. The molecule has 1 fully saturated rings. The lowest BCUT2D eigenvalue weighted by atomic mass is 10.2. The molecule has 1 aliphatic rings. The summed E-state index contributed by atoms with van der Waals surface area (Å²) in [6.07, 6.45) is 3.25. The third kappa shape index (κ3) is 3.76. The number of hydrogen-bond acceptors (Lipinski definition) is 7. The number of carbonyl (C=O) groups excluding carboxylic acids is 1. The average molecular weight is 405 g/mol. The molecule has 3 heterocycles. The lowest BCUT2D eigenvalue weighted by Crippen LogP contribution is -2.27. The minimum absolute atomic E-state index is 0.191. The second kappa shape index (κ2) is 8.20. The number of anilines is 1. The molecule has 0 bridgehead atoms. The monoisotopic (exact) mass is 404 g/mol. The van der Waals surface area contributed by atoms with Crippen LogP contribution in [0.1, 0.15) is 18.1 Å². The van der Waals surface area contributed by atoms with Crippen molar-refractivity contribution in [3.63, 3.8) is 0 Å². The molecule has 1 N–H and O–H groups in total. The van der Waals surface area contributed by atoms with Gasteiger partial charge < -0.3 is 10.1 Å². The van der Waals surface area contributed by atoms with Crippen molar-refractivity contribution in [1.29, 1.82) is 0 Å². The first-order chi connectivity index (χ1) is 13.0. The number of rotatable bonds is 6. The van der Waals surface area contributed by atoms with E-state index in [4.69, 9.17) is 17.0 Å². The number of fused-ring (bicyclic) bond motifs is 1. The second-order valence-electron chi connectivity index (χ2n) is 5.91. The Labute approximate surface area is 166 Å². The van der Waals surface area contributed by atoms with Crippen LogP contribution in [0.15, 0.2) is 28.0 Å². The van der Waals surface area contributed by atoms with Crippen molar-refractivity contribution in [3.8, 4) is 0 Å². The highest BCUT2D eigenvalue weighted by molar-refractivity contribution is 8.26. The number of pyridine rings is 1. The molecule has 0 radical (unpaired) electrons. The minimum atomic E-state index is -0.245. The van der Waals surface area contributed by atoms with Gasteiger partial charge in [0.25, 0.3) is 11.5 Å². The van der Waals surface area contributed by atoms with Crippen molar-refractivity contribution in [2.75, 3.05) is 32.1 Å². The van der Waals surface area contributed by atoms with Crippen molar-refractivity contribution in [2.24, 2.45) is 0 Å². The van der Waals surface area contributed by atoms with Gasteiger partial charge in [-0.15, -0.1) is 0 Å². The molecule has 2 aromatic heterocycles. The number of nitrogens with zero attached hydrogens (tertiary/aromatic N) is 3. The molecule has 2 aromatic rings. The van der Waals surface area contributed by atoms with Crippen molar-refractivity contribution in [2.45, 2.75) is 13.8 Å². The summed E-state index contributed by atoms with van der Waals surface area (Å²) in [6.45, 7) is 5.20. The van der Waals surface area contributed by atoms with E-state index in [-0.39, 0.29) is 11.5 Å². The maximum Gasteiger partial charge on any atom is 0.267 e. The van der Waals surface area contributed by atoms with Crippen molar-refractivity contribution >= 4 is 51.7 Å². The first kappa shape index (κ1) is 19.5. The fraction of sp³-hybridized carbons (Fsp3) is 0.333. The molecule has 9 heteroatoms. The Balaban J connectivity index is 2.15. The minimum Gasteiger partial charge on any atom is -0.383 e. The van der Waals surface area contributed by atoms with Crippen LogP contribution in [0.25, 0.3) is 11.7 Å². The number of methoxy groups -OCH3 is 1. The van der Waals surface area contributed by atoms with Crippen molar-refractivity contribution < 1.29 is 9.53 Å². The summed E-state index contributed by atoms with van der Waals surface area (Å²) in [4.78, 5) is 32.2. The standard InChI is InChI=1S/C18H20N4O3S2/c1-4-21-17(24)13(27-18(21)26)10-12-14(19-7-9-25-3)20-15-11(2)6-5-8-22(15)16(12)23/h5-6,8,10,19H,4,7,9H2,1-3H3/b13-10+. The van der Waals surface area contributed by atoms with Gasteiger partial charge in [-0.1, -0.05) is 30.0 Å². The Morgan fingerprint density at radius 1 is 1.41 bits per heavy atom. The number of hydrogen-bond donors (Lipinski definition) is 1. The molecule has 1 aliphatic heterocycles. The second-order valence-corrected chi connectivity index (χ2v) is 7.59. The zero-order chi connectivity index (χ0) is 19.6. The number of amides is 1. The quantitative estimate of drug-likeness (QED) is 0.450. The summed E-state index contributed by atoms with van der Waals surface area (Å²) < 4.78 is 7.05. The van der Waals surface area contributed by atoms with Crippen LogP contribution in [0, 0.1) is 6.92 Å². The SMILES string of the molecule is CCN1C(=O)/C(=C\c2c(NCCOC)nc3c(C)cccn3c2=O)SC1=S. The fourth-order valence-corrected chi connectivity index (χ4v) is 4.12. The van der Waals surface area contributed by atoms with E-state index >= 15 is 0 Å². The Kier molecular flexibility index (Phi) is 5.93. The van der Waals surface area contributed by atoms with Gasteiger partial charge in [0.2, 0.25) is 0 Å². The zero-order valence-corrected chi connectivity index (χ0v) is 16.9. The van der Waals surface area contributed by atoms with Crippen LogP contribution in [0.3, 0.4) is 0 Å². The van der Waals surface area contributed by atoms with E-state index in [9.17, 15) is 9.59 Å². The molecule has 27 heavy (non-hydrogen) atoms. The molecular weight excluding hydrogens is 384 g/mol. The van der Waals surface area contributed by atoms with Crippen LogP contribution < -0.4 is 10.9 Å². The molecule has 0 atom stereocenters.